The third-order valence-electron chi connectivity index (χ3n) is 3.15. The first kappa shape index (κ1) is 15.1. The van der Waals surface area contributed by atoms with E-state index in [4.69, 9.17) is 0 Å². The Kier molecular flexibility index (Phi) is 3.78. The van der Waals surface area contributed by atoms with Crippen molar-refractivity contribution in [1.29, 1.82) is 0 Å². The summed E-state index contributed by atoms with van der Waals surface area (Å²) in [7, 11) is 0. The van der Waals surface area contributed by atoms with Gasteiger partial charge in [0.1, 0.15) is 5.69 Å². The Morgan fingerprint density at radius 3 is 2.91 bits per heavy atom. The molecule has 1 amide bonds. The minimum atomic E-state index is -0.561. The number of anilines is 1. The first-order chi connectivity index (χ1) is 11.0. The van der Waals surface area contributed by atoms with E-state index in [1.807, 2.05) is 0 Å². The molecule has 0 saturated heterocycles. The van der Waals surface area contributed by atoms with Crippen molar-refractivity contribution in [3.05, 3.63) is 62.5 Å². The lowest BCUT2D eigenvalue weighted by Gasteiger charge is -2.05. The predicted molar refractivity (Wildman–Crippen MR) is 86.5 cm³/mol. The van der Waals surface area contributed by atoms with E-state index in [2.05, 4.69) is 31.3 Å². The van der Waals surface area contributed by atoms with Crippen LogP contribution in [0.15, 0.2) is 41.1 Å². The number of nitro groups is 1. The Hall–Kier alpha value is -2.81. The molecule has 0 spiro atoms. The SMILES string of the molecule is Cc1ccc(NC(=O)c2nn3cccnc3c2Br)c([N+](=O)[O-])c1. The fraction of sp³-hybridized carbons (Fsp3) is 0.0714. The van der Waals surface area contributed by atoms with E-state index in [1.54, 1.807) is 31.5 Å². The Labute approximate surface area is 138 Å². The fourth-order valence-corrected chi connectivity index (χ4v) is 2.63. The van der Waals surface area contributed by atoms with Crippen molar-refractivity contribution in [1.82, 2.24) is 14.6 Å². The van der Waals surface area contributed by atoms with Gasteiger partial charge >= 0.3 is 0 Å². The maximum atomic E-state index is 12.4. The molecule has 2 aromatic heterocycles. The molecule has 116 valence electrons. The molecule has 0 aliphatic heterocycles. The molecule has 8 nitrogen and oxygen atoms in total. The van der Waals surface area contributed by atoms with E-state index in [-0.39, 0.29) is 17.1 Å². The number of carbonyl (C=O) groups is 1. The van der Waals surface area contributed by atoms with Gasteiger partial charge in [0.2, 0.25) is 0 Å². The largest absolute Gasteiger partial charge is 0.315 e. The van der Waals surface area contributed by atoms with Crippen LogP contribution in [0.2, 0.25) is 0 Å². The van der Waals surface area contributed by atoms with Crippen LogP contribution in [0.25, 0.3) is 5.65 Å². The van der Waals surface area contributed by atoms with Crippen molar-refractivity contribution in [2.24, 2.45) is 0 Å². The van der Waals surface area contributed by atoms with Crippen molar-refractivity contribution in [3.63, 3.8) is 0 Å². The molecule has 0 unspecified atom stereocenters. The number of amides is 1. The lowest BCUT2D eigenvalue weighted by atomic mass is 10.2. The van der Waals surface area contributed by atoms with Crippen LogP contribution in [0.3, 0.4) is 0 Å². The highest BCUT2D eigenvalue weighted by Gasteiger charge is 2.22. The van der Waals surface area contributed by atoms with E-state index >= 15 is 0 Å². The molecule has 23 heavy (non-hydrogen) atoms. The Morgan fingerprint density at radius 2 is 2.22 bits per heavy atom. The standard InChI is InChI=1S/C14H10BrN5O3/c1-8-3-4-9(10(7-8)20(22)23)17-14(21)12-11(15)13-16-5-2-6-19(13)18-12/h2-7H,1H3,(H,17,21). The number of nitrogens with zero attached hydrogens (tertiary/aromatic N) is 4. The van der Waals surface area contributed by atoms with Crippen molar-refractivity contribution in [2.75, 3.05) is 5.32 Å². The second-order valence-electron chi connectivity index (χ2n) is 4.78. The molecule has 0 aliphatic carbocycles. The molecule has 0 atom stereocenters. The lowest BCUT2D eigenvalue weighted by Crippen LogP contribution is -2.14. The van der Waals surface area contributed by atoms with Gasteiger partial charge in [0.05, 0.1) is 9.40 Å². The van der Waals surface area contributed by atoms with E-state index in [0.717, 1.165) is 5.56 Å². The summed E-state index contributed by atoms with van der Waals surface area (Å²) >= 11 is 3.28. The Balaban J connectivity index is 1.98. The summed E-state index contributed by atoms with van der Waals surface area (Å²) in [5.41, 5.74) is 1.25. The van der Waals surface area contributed by atoms with Crippen LogP contribution in [0.4, 0.5) is 11.4 Å². The number of benzene rings is 1. The fourth-order valence-electron chi connectivity index (χ4n) is 2.08. The monoisotopic (exact) mass is 375 g/mol. The summed E-state index contributed by atoms with van der Waals surface area (Å²) in [4.78, 5) is 27.1. The van der Waals surface area contributed by atoms with Gasteiger partial charge in [-0.2, -0.15) is 5.10 Å². The maximum Gasteiger partial charge on any atom is 0.293 e. The van der Waals surface area contributed by atoms with Crippen LogP contribution in [0.5, 0.6) is 0 Å². The Bertz CT molecular complexity index is 937. The summed E-state index contributed by atoms with van der Waals surface area (Å²) < 4.78 is 1.87. The summed E-state index contributed by atoms with van der Waals surface area (Å²) in [5.74, 6) is -0.561. The van der Waals surface area contributed by atoms with E-state index < -0.39 is 10.8 Å². The van der Waals surface area contributed by atoms with Gasteiger partial charge < -0.3 is 5.32 Å². The molecule has 0 radical (unpaired) electrons. The average Bonchev–Trinajstić information content (AvgIpc) is 2.86. The topological polar surface area (TPSA) is 102 Å². The van der Waals surface area contributed by atoms with Crippen LogP contribution in [0.1, 0.15) is 16.1 Å². The molecule has 0 saturated carbocycles. The van der Waals surface area contributed by atoms with E-state index in [1.165, 1.54) is 16.6 Å². The summed E-state index contributed by atoms with van der Waals surface area (Å²) in [6.45, 7) is 1.74. The molecular formula is C14H10BrN5O3. The number of carbonyl (C=O) groups excluding carboxylic acids is 1. The van der Waals surface area contributed by atoms with Gasteiger partial charge in [-0.25, -0.2) is 9.50 Å². The molecule has 2 heterocycles. The van der Waals surface area contributed by atoms with Gasteiger partial charge in [-0.3, -0.25) is 14.9 Å². The summed E-state index contributed by atoms with van der Waals surface area (Å²) in [6, 6.07) is 6.25. The van der Waals surface area contributed by atoms with Crippen LogP contribution < -0.4 is 5.32 Å². The second-order valence-corrected chi connectivity index (χ2v) is 5.58. The number of hydrogen-bond acceptors (Lipinski definition) is 5. The molecule has 9 heteroatoms. The maximum absolute atomic E-state index is 12.4. The smallest absolute Gasteiger partial charge is 0.293 e. The molecular weight excluding hydrogens is 366 g/mol. The van der Waals surface area contributed by atoms with Gasteiger partial charge in [-0.1, -0.05) is 6.07 Å². The molecule has 3 aromatic rings. The van der Waals surface area contributed by atoms with Crippen LogP contribution in [-0.4, -0.2) is 25.4 Å². The number of halogens is 1. The van der Waals surface area contributed by atoms with Gasteiger partial charge in [0, 0.05) is 18.5 Å². The second kappa shape index (κ2) is 5.76. The van der Waals surface area contributed by atoms with E-state index in [9.17, 15) is 14.9 Å². The molecule has 1 N–H and O–H groups in total. The highest BCUT2D eigenvalue weighted by atomic mass is 79.9. The van der Waals surface area contributed by atoms with Gasteiger partial charge in [0.15, 0.2) is 11.3 Å². The van der Waals surface area contributed by atoms with E-state index in [0.29, 0.717) is 10.1 Å². The number of aromatic nitrogens is 3. The number of hydrogen-bond donors (Lipinski definition) is 1. The molecule has 0 fully saturated rings. The first-order valence-corrected chi connectivity index (χ1v) is 7.32. The third-order valence-corrected chi connectivity index (χ3v) is 3.88. The van der Waals surface area contributed by atoms with Crippen LogP contribution in [-0.2, 0) is 0 Å². The van der Waals surface area contributed by atoms with Crippen molar-refractivity contribution in [3.8, 4) is 0 Å². The highest BCUT2D eigenvalue weighted by Crippen LogP contribution is 2.27. The Morgan fingerprint density at radius 1 is 1.43 bits per heavy atom. The zero-order valence-corrected chi connectivity index (χ0v) is 13.4. The minimum absolute atomic E-state index is 0.0959. The van der Waals surface area contributed by atoms with Crippen LogP contribution >= 0.6 is 15.9 Å². The predicted octanol–water partition coefficient (Wildman–Crippen LogP) is 2.96. The van der Waals surface area contributed by atoms with Crippen molar-refractivity contribution in [2.45, 2.75) is 6.92 Å². The quantitative estimate of drug-likeness (QED) is 0.559. The number of rotatable bonds is 3. The molecule has 3 rings (SSSR count). The zero-order valence-electron chi connectivity index (χ0n) is 11.9. The third kappa shape index (κ3) is 2.78. The molecule has 1 aromatic carbocycles. The van der Waals surface area contributed by atoms with Gasteiger partial charge in [-0.05, 0) is 40.5 Å². The number of nitro benzene ring substituents is 1. The highest BCUT2D eigenvalue weighted by molar-refractivity contribution is 9.10. The van der Waals surface area contributed by atoms with Crippen molar-refractivity contribution < 1.29 is 9.72 Å². The van der Waals surface area contributed by atoms with Gasteiger partial charge in [0.25, 0.3) is 11.6 Å². The van der Waals surface area contributed by atoms with Crippen molar-refractivity contribution >= 4 is 38.9 Å². The number of fused-ring (bicyclic) bond motifs is 1. The molecule has 0 aliphatic rings. The van der Waals surface area contributed by atoms with Gasteiger partial charge in [-0.15, -0.1) is 0 Å². The first-order valence-electron chi connectivity index (χ1n) is 6.52. The zero-order chi connectivity index (χ0) is 16.6. The number of nitrogens with one attached hydrogen (secondary N) is 1. The number of aryl methyl sites for hydroxylation is 1. The minimum Gasteiger partial charge on any atom is -0.315 e. The summed E-state index contributed by atoms with van der Waals surface area (Å²) in [5, 5.41) is 17.8. The average molecular weight is 376 g/mol. The summed E-state index contributed by atoms with van der Waals surface area (Å²) in [6.07, 6.45) is 3.23. The molecule has 0 bridgehead atoms. The lowest BCUT2D eigenvalue weighted by molar-refractivity contribution is -0.384. The van der Waals surface area contributed by atoms with Crippen LogP contribution in [0, 0.1) is 17.0 Å². The normalized spacial score (nSPS) is 10.7.